The summed E-state index contributed by atoms with van der Waals surface area (Å²) in [4.78, 5) is 32.0. The molecule has 9 heteroatoms. The van der Waals surface area contributed by atoms with Gasteiger partial charge in [-0.05, 0) is 43.7 Å². The SMILES string of the molecule is O=C(CN1CCN(C(=O)C2(c3cccc(C(F)(F)F)c3)CCOCC2)CC1)N1CCCCC1. The van der Waals surface area contributed by atoms with Gasteiger partial charge in [-0.2, -0.15) is 13.2 Å². The van der Waals surface area contributed by atoms with Crippen LogP contribution in [0.3, 0.4) is 0 Å². The lowest BCUT2D eigenvalue weighted by Crippen LogP contribution is -2.57. The number of hydrogen-bond acceptors (Lipinski definition) is 4. The lowest BCUT2D eigenvalue weighted by atomic mass is 9.72. The van der Waals surface area contributed by atoms with E-state index in [0.29, 0.717) is 64.3 Å². The number of benzene rings is 1. The van der Waals surface area contributed by atoms with E-state index in [1.165, 1.54) is 12.5 Å². The molecule has 3 aliphatic rings. The summed E-state index contributed by atoms with van der Waals surface area (Å²) in [5, 5.41) is 0. The molecule has 0 spiro atoms. The number of likely N-dealkylation sites (tertiary alicyclic amines) is 1. The summed E-state index contributed by atoms with van der Waals surface area (Å²) in [6, 6.07) is 5.18. The zero-order valence-corrected chi connectivity index (χ0v) is 18.9. The summed E-state index contributed by atoms with van der Waals surface area (Å²) in [6.45, 7) is 4.77. The molecule has 4 rings (SSSR count). The number of carbonyl (C=O) groups excluding carboxylic acids is 2. The Morgan fingerprint density at radius 3 is 2.21 bits per heavy atom. The van der Waals surface area contributed by atoms with Crippen LogP contribution in [0.15, 0.2) is 24.3 Å². The van der Waals surface area contributed by atoms with Gasteiger partial charge in [0, 0.05) is 52.5 Å². The summed E-state index contributed by atoms with van der Waals surface area (Å²) in [5.41, 5.74) is -1.33. The number of ether oxygens (including phenoxy) is 1. The fraction of sp³-hybridized carbons (Fsp3) is 0.667. The molecule has 0 N–H and O–H groups in total. The average Bonchev–Trinajstić information content (AvgIpc) is 2.84. The van der Waals surface area contributed by atoms with E-state index in [-0.39, 0.29) is 11.8 Å². The van der Waals surface area contributed by atoms with Gasteiger partial charge in [-0.25, -0.2) is 0 Å². The summed E-state index contributed by atoms with van der Waals surface area (Å²) < 4.78 is 45.5. The largest absolute Gasteiger partial charge is 0.416 e. The third kappa shape index (κ3) is 5.35. The Morgan fingerprint density at radius 1 is 0.909 bits per heavy atom. The van der Waals surface area contributed by atoms with Gasteiger partial charge in [-0.15, -0.1) is 0 Å². The topological polar surface area (TPSA) is 53.1 Å². The van der Waals surface area contributed by atoms with Gasteiger partial charge in [0.15, 0.2) is 0 Å². The van der Waals surface area contributed by atoms with Gasteiger partial charge in [0.05, 0.1) is 17.5 Å². The first-order valence-corrected chi connectivity index (χ1v) is 11.8. The van der Waals surface area contributed by atoms with Crippen LogP contribution in [-0.2, 0) is 25.9 Å². The Hall–Kier alpha value is -2.13. The lowest BCUT2D eigenvalue weighted by Gasteiger charge is -2.43. The van der Waals surface area contributed by atoms with Crippen LogP contribution in [0, 0.1) is 0 Å². The number of amides is 2. The first-order chi connectivity index (χ1) is 15.8. The molecule has 0 saturated carbocycles. The molecule has 0 radical (unpaired) electrons. The fourth-order valence-corrected chi connectivity index (χ4v) is 5.19. The molecule has 3 aliphatic heterocycles. The van der Waals surface area contributed by atoms with Crippen LogP contribution in [0.25, 0.3) is 0 Å². The number of rotatable bonds is 4. The molecule has 2 amide bonds. The summed E-state index contributed by atoms with van der Waals surface area (Å²) in [5.74, 6) is 0.00599. The van der Waals surface area contributed by atoms with E-state index in [1.54, 1.807) is 11.0 Å². The van der Waals surface area contributed by atoms with Crippen molar-refractivity contribution in [3.05, 3.63) is 35.4 Å². The van der Waals surface area contributed by atoms with Crippen LogP contribution in [0.2, 0.25) is 0 Å². The van der Waals surface area contributed by atoms with Crippen LogP contribution >= 0.6 is 0 Å². The van der Waals surface area contributed by atoms with Crippen LogP contribution < -0.4 is 0 Å². The highest BCUT2D eigenvalue weighted by Crippen LogP contribution is 2.39. The normalized spacial score (nSPS) is 22.3. The molecular formula is C24H32F3N3O3. The summed E-state index contributed by atoms with van der Waals surface area (Å²) >= 11 is 0. The molecule has 0 aromatic heterocycles. The van der Waals surface area contributed by atoms with Gasteiger partial charge in [-0.3, -0.25) is 14.5 Å². The monoisotopic (exact) mass is 467 g/mol. The van der Waals surface area contributed by atoms with Crippen molar-refractivity contribution in [1.82, 2.24) is 14.7 Å². The first-order valence-electron chi connectivity index (χ1n) is 11.8. The fourth-order valence-electron chi connectivity index (χ4n) is 5.19. The molecule has 3 saturated heterocycles. The Labute approximate surface area is 192 Å². The van der Waals surface area contributed by atoms with Crippen molar-refractivity contribution >= 4 is 11.8 Å². The number of hydrogen-bond donors (Lipinski definition) is 0. The predicted octanol–water partition coefficient (Wildman–Crippen LogP) is 2.91. The van der Waals surface area contributed by atoms with Crippen molar-refractivity contribution in [2.24, 2.45) is 0 Å². The highest BCUT2D eigenvalue weighted by molar-refractivity contribution is 5.88. The third-order valence-corrected chi connectivity index (χ3v) is 7.23. The number of nitrogens with zero attached hydrogens (tertiary/aromatic N) is 3. The van der Waals surface area contributed by atoms with Crippen molar-refractivity contribution in [1.29, 1.82) is 0 Å². The Bertz CT molecular complexity index is 841. The van der Waals surface area contributed by atoms with E-state index in [0.717, 1.165) is 38.1 Å². The summed E-state index contributed by atoms with van der Waals surface area (Å²) in [6.07, 6.45) is -0.465. The average molecular weight is 468 g/mol. The molecule has 6 nitrogen and oxygen atoms in total. The Kier molecular flexibility index (Phi) is 7.28. The number of alkyl halides is 3. The smallest absolute Gasteiger partial charge is 0.381 e. The van der Waals surface area contributed by atoms with Crippen LogP contribution in [0.5, 0.6) is 0 Å². The molecule has 0 bridgehead atoms. The van der Waals surface area contributed by atoms with Gasteiger partial charge < -0.3 is 14.5 Å². The molecule has 0 aliphatic carbocycles. The standard InChI is InChI=1S/C24H32F3N3O3/c25-24(26,27)20-6-4-5-19(17-20)23(7-15-33-16-8-23)22(32)30-13-11-28(12-14-30)18-21(31)29-9-2-1-3-10-29/h4-6,17H,1-3,7-16,18H2. The highest BCUT2D eigenvalue weighted by atomic mass is 19.4. The van der Waals surface area contributed by atoms with E-state index in [4.69, 9.17) is 4.74 Å². The van der Waals surface area contributed by atoms with Crippen LogP contribution in [-0.4, -0.2) is 85.5 Å². The van der Waals surface area contributed by atoms with E-state index >= 15 is 0 Å². The zero-order valence-electron chi connectivity index (χ0n) is 18.9. The molecule has 1 aromatic carbocycles. The van der Waals surface area contributed by atoms with Crippen molar-refractivity contribution < 1.29 is 27.5 Å². The lowest BCUT2D eigenvalue weighted by molar-refractivity contribution is -0.144. The van der Waals surface area contributed by atoms with Crippen LogP contribution in [0.4, 0.5) is 13.2 Å². The molecule has 3 fully saturated rings. The van der Waals surface area contributed by atoms with E-state index < -0.39 is 17.2 Å². The van der Waals surface area contributed by atoms with E-state index in [9.17, 15) is 22.8 Å². The maximum atomic E-state index is 13.7. The van der Waals surface area contributed by atoms with Gasteiger partial charge >= 0.3 is 6.18 Å². The van der Waals surface area contributed by atoms with Crippen molar-refractivity contribution in [2.75, 3.05) is 59.0 Å². The molecular weight excluding hydrogens is 435 g/mol. The maximum Gasteiger partial charge on any atom is 0.416 e. The molecule has 0 atom stereocenters. The Balaban J connectivity index is 1.44. The molecule has 1 aromatic rings. The quantitative estimate of drug-likeness (QED) is 0.684. The highest BCUT2D eigenvalue weighted by Gasteiger charge is 2.45. The second-order valence-corrected chi connectivity index (χ2v) is 9.28. The molecule has 182 valence electrons. The van der Waals surface area contributed by atoms with E-state index in [2.05, 4.69) is 4.90 Å². The van der Waals surface area contributed by atoms with Gasteiger partial charge in [0.25, 0.3) is 0 Å². The number of carbonyl (C=O) groups is 2. The zero-order chi connectivity index (χ0) is 23.5. The van der Waals surface area contributed by atoms with Gasteiger partial charge in [-0.1, -0.05) is 18.2 Å². The minimum absolute atomic E-state index is 0.132. The number of piperazine rings is 1. The Morgan fingerprint density at radius 2 is 1.58 bits per heavy atom. The minimum Gasteiger partial charge on any atom is -0.381 e. The third-order valence-electron chi connectivity index (χ3n) is 7.23. The molecule has 33 heavy (non-hydrogen) atoms. The molecule has 0 unspecified atom stereocenters. The maximum absolute atomic E-state index is 13.7. The first kappa shape index (κ1) is 24.0. The van der Waals surface area contributed by atoms with Crippen molar-refractivity contribution in [3.63, 3.8) is 0 Å². The summed E-state index contributed by atoms with van der Waals surface area (Å²) in [7, 11) is 0. The van der Waals surface area contributed by atoms with Crippen molar-refractivity contribution in [3.8, 4) is 0 Å². The number of halogens is 3. The van der Waals surface area contributed by atoms with E-state index in [1.807, 2.05) is 4.90 Å². The second-order valence-electron chi connectivity index (χ2n) is 9.28. The molecule has 3 heterocycles. The second kappa shape index (κ2) is 10.0. The van der Waals surface area contributed by atoms with Gasteiger partial charge in [0.2, 0.25) is 11.8 Å². The minimum atomic E-state index is -4.46. The van der Waals surface area contributed by atoms with Gasteiger partial charge in [0.1, 0.15) is 0 Å². The predicted molar refractivity (Wildman–Crippen MR) is 117 cm³/mol. The number of piperidine rings is 1. The van der Waals surface area contributed by atoms with Crippen LogP contribution in [0.1, 0.15) is 43.2 Å². The van der Waals surface area contributed by atoms with Crippen molar-refractivity contribution in [2.45, 2.75) is 43.7 Å².